The summed E-state index contributed by atoms with van der Waals surface area (Å²) in [6, 6.07) is 8.46. The number of carbonyl (C=O) groups excluding carboxylic acids is 2. The average Bonchev–Trinajstić information content (AvgIpc) is 2.75. The van der Waals surface area contributed by atoms with E-state index in [0.717, 1.165) is 56.6 Å². The standard InChI is InChI=1S/C22H33N3O3/c1-3-25(18-9-5-4-6-10-18)21(26)19-11-7-8-12-20(19)24-15-13-17(14-16-24)23-22(27)28-2/h7-8,11-12,17-18H,3-6,9-10,13-16H2,1-2H3,(H,23,27). The maximum absolute atomic E-state index is 13.4. The molecule has 0 spiro atoms. The highest BCUT2D eigenvalue weighted by Crippen LogP contribution is 2.29. The lowest BCUT2D eigenvalue weighted by Crippen LogP contribution is -2.46. The minimum absolute atomic E-state index is 0.126. The summed E-state index contributed by atoms with van der Waals surface area (Å²) < 4.78 is 4.70. The van der Waals surface area contributed by atoms with Gasteiger partial charge in [0.25, 0.3) is 5.91 Å². The minimum Gasteiger partial charge on any atom is -0.453 e. The monoisotopic (exact) mass is 387 g/mol. The predicted octanol–water partition coefficient (Wildman–Crippen LogP) is 3.81. The fourth-order valence-corrected chi connectivity index (χ4v) is 4.54. The van der Waals surface area contributed by atoms with Gasteiger partial charge in [-0.15, -0.1) is 0 Å². The number of para-hydroxylation sites is 1. The Balaban J connectivity index is 1.70. The maximum atomic E-state index is 13.4. The Kier molecular flexibility index (Phi) is 7.18. The van der Waals surface area contributed by atoms with Crippen molar-refractivity contribution in [2.45, 2.75) is 64.0 Å². The van der Waals surface area contributed by atoms with Crippen molar-refractivity contribution in [3.05, 3.63) is 29.8 Å². The summed E-state index contributed by atoms with van der Waals surface area (Å²) in [5.41, 5.74) is 1.81. The van der Waals surface area contributed by atoms with E-state index < -0.39 is 0 Å². The van der Waals surface area contributed by atoms with Crippen molar-refractivity contribution < 1.29 is 14.3 Å². The number of nitrogens with one attached hydrogen (secondary N) is 1. The van der Waals surface area contributed by atoms with Crippen molar-refractivity contribution in [3.63, 3.8) is 0 Å². The summed E-state index contributed by atoms with van der Waals surface area (Å²) in [5, 5.41) is 2.89. The molecule has 2 aliphatic rings. The molecule has 6 heteroatoms. The van der Waals surface area contributed by atoms with E-state index in [0.29, 0.717) is 6.04 Å². The Morgan fingerprint density at radius 2 is 1.79 bits per heavy atom. The number of hydrogen-bond acceptors (Lipinski definition) is 4. The van der Waals surface area contributed by atoms with E-state index in [1.54, 1.807) is 0 Å². The van der Waals surface area contributed by atoms with Gasteiger partial charge in [0.15, 0.2) is 0 Å². The van der Waals surface area contributed by atoms with Crippen LogP contribution in [0, 0.1) is 0 Å². The number of methoxy groups -OCH3 is 1. The Hall–Kier alpha value is -2.24. The van der Waals surface area contributed by atoms with Crippen molar-refractivity contribution in [1.29, 1.82) is 0 Å². The van der Waals surface area contributed by atoms with Crippen LogP contribution in [-0.2, 0) is 4.74 Å². The summed E-state index contributed by atoms with van der Waals surface area (Å²) in [6.07, 6.45) is 7.27. The van der Waals surface area contributed by atoms with Gasteiger partial charge in [0.05, 0.1) is 12.7 Å². The summed E-state index contributed by atoms with van der Waals surface area (Å²) in [7, 11) is 1.39. The van der Waals surface area contributed by atoms with Crippen LogP contribution in [-0.4, -0.2) is 55.7 Å². The number of amides is 2. The molecule has 154 valence electrons. The van der Waals surface area contributed by atoms with Gasteiger partial charge in [-0.1, -0.05) is 31.4 Å². The number of rotatable bonds is 5. The Labute approximate surface area is 168 Å². The molecule has 0 radical (unpaired) electrons. The van der Waals surface area contributed by atoms with E-state index >= 15 is 0 Å². The number of piperidine rings is 1. The molecule has 2 fully saturated rings. The molecule has 1 heterocycles. The van der Waals surface area contributed by atoms with Crippen molar-refractivity contribution in [2.24, 2.45) is 0 Å². The zero-order chi connectivity index (χ0) is 19.9. The van der Waals surface area contributed by atoms with E-state index in [4.69, 9.17) is 4.74 Å². The number of anilines is 1. The number of benzene rings is 1. The van der Waals surface area contributed by atoms with Crippen LogP contribution in [0.25, 0.3) is 0 Å². The molecule has 1 aromatic carbocycles. The van der Waals surface area contributed by atoms with Gasteiger partial charge in [-0.25, -0.2) is 4.79 Å². The van der Waals surface area contributed by atoms with Crippen LogP contribution in [0.4, 0.5) is 10.5 Å². The third-order valence-electron chi connectivity index (χ3n) is 6.09. The molecule has 1 N–H and O–H groups in total. The van der Waals surface area contributed by atoms with E-state index in [-0.39, 0.29) is 18.0 Å². The lowest BCUT2D eigenvalue weighted by atomic mass is 9.93. The second kappa shape index (κ2) is 9.80. The predicted molar refractivity (Wildman–Crippen MR) is 111 cm³/mol. The summed E-state index contributed by atoms with van der Waals surface area (Å²) in [4.78, 5) is 29.2. The first-order valence-corrected chi connectivity index (χ1v) is 10.6. The Morgan fingerprint density at radius 3 is 2.43 bits per heavy atom. The zero-order valence-electron chi connectivity index (χ0n) is 17.2. The van der Waals surface area contributed by atoms with Crippen LogP contribution in [0.1, 0.15) is 62.2 Å². The SMILES string of the molecule is CCN(C(=O)c1ccccc1N1CCC(NC(=O)OC)CC1)C1CCCCC1. The minimum atomic E-state index is -0.375. The number of alkyl carbamates (subject to hydrolysis) is 1. The molecule has 1 saturated heterocycles. The van der Waals surface area contributed by atoms with E-state index in [1.807, 2.05) is 18.2 Å². The quantitative estimate of drug-likeness (QED) is 0.835. The number of nitrogens with zero attached hydrogens (tertiary/aromatic N) is 2. The molecule has 1 aliphatic carbocycles. The van der Waals surface area contributed by atoms with Crippen LogP contribution >= 0.6 is 0 Å². The van der Waals surface area contributed by atoms with Gasteiger partial charge in [-0.2, -0.15) is 0 Å². The van der Waals surface area contributed by atoms with Crippen LogP contribution in [0.2, 0.25) is 0 Å². The molecule has 0 aromatic heterocycles. The van der Waals surface area contributed by atoms with E-state index in [1.165, 1.54) is 26.4 Å². The molecule has 0 bridgehead atoms. The second-order valence-electron chi connectivity index (χ2n) is 7.80. The van der Waals surface area contributed by atoms with Crippen LogP contribution in [0.3, 0.4) is 0 Å². The average molecular weight is 388 g/mol. The highest BCUT2D eigenvalue weighted by atomic mass is 16.5. The van der Waals surface area contributed by atoms with Crippen molar-refractivity contribution in [2.75, 3.05) is 31.6 Å². The fraction of sp³-hybridized carbons (Fsp3) is 0.636. The Bertz CT molecular complexity index is 665. The molecule has 3 rings (SSSR count). The third kappa shape index (κ3) is 4.78. The molecular weight excluding hydrogens is 354 g/mol. The van der Waals surface area contributed by atoms with Gasteiger partial charge >= 0.3 is 6.09 Å². The van der Waals surface area contributed by atoms with Gasteiger partial charge in [0, 0.05) is 37.4 Å². The number of hydrogen-bond donors (Lipinski definition) is 1. The van der Waals surface area contributed by atoms with Crippen LogP contribution < -0.4 is 10.2 Å². The summed E-state index contributed by atoms with van der Waals surface area (Å²) in [5.74, 6) is 0.153. The van der Waals surface area contributed by atoms with Gasteiger partial charge in [-0.05, 0) is 44.7 Å². The van der Waals surface area contributed by atoms with Gasteiger partial charge in [0.1, 0.15) is 0 Å². The first kappa shape index (κ1) is 20.5. The molecule has 1 aromatic rings. The zero-order valence-corrected chi connectivity index (χ0v) is 17.2. The molecule has 1 aliphatic heterocycles. The van der Waals surface area contributed by atoms with E-state index in [2.05, 4.69) is 28.1 Å². The van der Waals surface area contributed by atoms with Gasteiger partial charge in [0.2, 0.25) is 0 Å². The second-order valence-corrected chi connectivity index (χ2v) is 7.80. The highest BCUT2D eigenvalue weighted by Gasteiger charge is 2.29. The maximum Gasteiger partial charge on any atom is 0.407 e. The summed E-state index contributed by atoms with van der Waals surface area (Å²) in [6.45, 7) is 4.46. The largest absolute Gasteiger partial charge is 0.453 e. The molecule has 2 amide bonds. The number of carbonyl (C=O) groups is 2. The molecule has 1 saturated carbocycles. The molecule has 0 unspecified atom stereocenters. The lowest BCUT2D eigenvalue weighted by molar-refractivity contribution is 0.0648. The molecule has 6 nitrogen and oxygen atoms in total. The van der Waals surface area contributed by atoms with Crippen molar-refractivity contribution in [1.82, 2.24) is 10.2 Å². The topological polar surface area (TPSA) is 61.9 Å². The van der Waals surface area contributed by atoms with Crippen LogP contribution in [0.5, 0.6) is 0 Å². The molecule has 28 heavy (non-hydrogen) atoms. The lowest BCUT2D eigenvalue weighted by Gasteiger charge is -2.37. The van der Waals surface area contributed by atoms with Crippen LogP contribution in [0.15, 0.2) is 24.3 Å². The first-order valence-electron chi connectivity index (χ1n) is 10.6. The van der Waals surface area contributed by atoms with Gasteiger partial charge < -0.3 is 19.9 Å². The highest BCUT2D eigenvalue weighted by molar-refractivity contribution is 6.00. The first-order chi connectivity index (χ1) is 13.6. The van der Waals surface area contributed by atoms with Crippen molar-refractivity contribution in [3.8, 4) is 0 Å². The fourth-order valence-electron chi connectivity index (χ4n) is 4.54. The molecule has 0 atom stereocenters. The van der Waals surface area contributed by atoms with E-state index in [9.17, 15) is 9.59 Å². The number of ether oxygens (including phenoxy) is 1. The third-order valence-corrected chi connectivity index (χ3v) is 6.09. The van der Waals surface area contributed by atoms with Crippen molar-refractivity contribution >= 4 is 17.7 Å². The summed E-state index contributed by atoms with van der Waals surface area (Å²) >= 11 is 0. The Morgan fingerprint density at radius 1 is 1.11 bits per heavy atom. The smallest absolute Gasteiger partial charge is 0.407 e. The normalized spacial score (nSPS) is 18.6. The molecular formula is C22H33N3O3. The van der Waals surface area contributed by atoms with Gasteiger partial charge in [-0.3, -0.25) is 4.79 Å².